The normalized spacial score (nSPS) is 10.5. The first kappa shape index (κ1) is 9.58. The lowest BCUT2D eigenvalue weighted by atomic mass is 10.1. The molecule has 0 fully saturated rings. The summed E-state index contributed by atoms with van der Waals surface area (Å²) in [6, 6.07) is 6.91. The Labute approximate surface area is 87.1 Å². The Morgan fingerprint density at radius 2 is 2.07 bits per heavy atom. The van der Waals surface area contributed by atoms with Gasteiger partial charge in [-0.05, 0) is 12.1 Å². The number of fused-ring (bicyclic) bond motifs is 1. The Morgan fingerprint density at radius 3 is 2.73 bits per heavy atom. The van der Waals surface area contributed by atoms with Crippen LogP contribution < -0.4 is 0 Å². The van der Waals surface area contributed by atoms with Crippen LogP contribution in [0.1, 0.15) is 10.4 Å². The molecule has 78 valence electrons. The number of nitrogens with zero attached hydrogens (tertiary/aromatic N) is 1. The molecule has 4 heteroatoms. The number of H-pyrrole nitrogens is 1. The first-order valence-electron chi connectivity index (χ1n) is 4.61. The summed E-state index contributed by atoms with van der Waals surface area (Å²) in [6.45, 7) is 0. The molecule has 4 nitrogen and oxygen atoms in total. The number of carbonyl (C=O) groups excluding carboxylic acids is 1. The quantitative estimate of drug-likeness (QED) is 0.740. The minimum absolute atomic E-state index is 0.0500. The van der Waals surface area contributed by atoms with Crippen molar-refractivity contribution in [2.45, 2.75) is 0 Å². The molecule has 2 aromatic rings. The molecule has 0 saturated heterocycles. The fourth-order valence-electron chi connectivity index (χ4n) is 1.50. The van der Waals surface area contributed by atoms with Crippen LogP contribution >= 0.6 is 0 Å². The van der Waals surface area contributed by atoms with Gasteiger partial charge in [-0.1, -0.05) is 6.07 Å². The minimum Gasteiger partial charge on any atom is -0.495 e. The molecule has 0 aliphatic heterocycles. The highest BCUT2D eigenvalue weighted by Crippen LogP contribution is 2.20. The lowest BCUT2D eigenvalue weighted by Crippen LogP contribution is -2.21. The van der Waals surface area contributed by atoms with Gasteiger partial charge in [-0.3, -0.25) is 4.79 Å². The SMILES string of the molecule is CN(C)C(=O)c1ccc2cc(O)[nH]c2c1. The van der Waals surface area contributed by atoms with Gasteiger partial charge in [-0.15, -0.1) is 0 Å². The maximum atomic E-state index is 11.6. The molecule has 1 aromatic heterocycles. The molecular weight excluding hydrogens is 192 g/mol. The van der Waals surface area contributed by atoms with E-state index >= 15 is 0 Å². The van der Waals surface area contributed by atoms with E-state index in [9.17, 15) is 9.90 Å². The zero-order valence-corrected chi connectivity index (χ0v) is 8.61. The highest BCUT2D eigenvalue weighted by atomic mass is 16.3. The predicted octanol–water partition coefficient (Wildman–Crippen LogP) is 1.58. The Balaban J connectivity index is 2.51. The van der Waals surface area contributed by atoms with Crippen molar-refractivity contribution in [3.8, 4) is 5.88 Å². The van der Waals surface area contributed by atoms with Crippen LogP contribution in [0, 0.1) is 0 Å². The van der Waals surface area contributed by atoms with Crippen molar-refractivity contribution >= 4 is 16.8 Å². The molecule has 1 heterocycles. The number of hydrogen-bond donors (Lipinski definition) is 2. The minimum atomic E-state index is -0.0500. The molecule has 1 amide bonds. The van der Waals surface area contributed by atoms with Gasteiger partial charge in [-0.25, -0.2) is 0 Å². The number of hydrogen-bond acceptors (Lipinski definition) is 2. The van der Waals surface area contributed by atoms with Crippen molar-refractivity contribution in [3.05, 3.63) is 29.8 Å². The molecule has 0 atom stereocenters. The van der Waals surface area contributed by atoms with E-state index in [1.165, 1.54) is 4.90 Å². The molecular formula is C11H12N2O2. The van der Waals surface area contributed by atoms with E-state index < -0.39 is 0 Å². The van der Waals surface area contributed by atoms with E-state index in [1.807, 2.05) is 6.07 Å². The van der Waals surface area contributed by atoms with Crippen molar-refractivity contribution in [1.29, 1.82) is 0 Å². The van der Waals surface area contributed by atoms with Crippen LogP contribution in [0.2, 0.25) is 0 Å². The Bertz CT molecular complexity index is 514. The number of amides is 1. The number of benzene rings is 1. The molecule has 15 heavy (non-hydrogen) atoms. The van der Waals surface area contributed by atoms with Crippen LogP contribution in [0.3, 0.4) is 0 Å². The fraction of sp³-hybridized carbons (Fsp3) is 0.182. The van der Waals surface area contributed by atoms with Gasteiger partial charge in [-0.2, -0.15) is 0 Å². The van der Waals surface area contributed by atoms with Crippen molar-refractivity contribution in [2.24, 2.45) is 0 Å². The lowest BCUT2D eigenvalue weighted by molar-refractivity contribution is 0.0827. The van der Waals surface area contributed by atoms with Crippen molar-refractivity contribution in [3.63, 3.8) is 0 Å². The third-order valence-electron chi connectivity index (χ3n) is 2.26. The number of aromatic nitrogens is 1. The number of aromatic hydroxyl groups is 1. The summed E-state index contributed by atoms with van der Waals surface area (Å²) in [5.41, 5.74) is 1.37. The van der Waals surface area contributed by atoms with Gasteiger partial charge in [0.2, 0.25) is 0 Å². The zero-order valence-electron chi connectivity index (χ0n) is 8.61. The number of nitrogens with one attached hydrogen (secondary N) is 1. The average Bonchev–Trinajstić information content (AvgIpc) is 2.55. The van der Waals surface area contributed by atoms with Crippen LogP contribution in [0.5, 0.6) is 5.88 Å². The van der Waals surface area contributed by atoms with Gasteiger partial charge in [0.05, 0.1) is 0 Å². The van der Waals surface area contributed by atoms with Crippen LogP contribution in [0.25, 0.3) is 10.9 Å². The first-order valence-corrected chi connectivity index (χ1v) is 4.61. The molecule has 0 aliphatic carbocycles. The van der Waals surface area contributed by atoms with Crippen molar-refractivity contribution in [2.75, 3.05) is 14.1 Å². The summed E-state index contributed by atoms with van der Waals surface area (Å²) in [5, 5.41) is 10.1. The van der Waals surface area contributed by atoms with Gasteiger partial charge in [0.15, 0.2) is 5.88 Å². The summed E-state index contributed by atoms with van der Waals surface area (Å²) in [6.07, 6.45) is 0. The van der Waals surface area contributed by atoms with E-state index in [-0.39, 0.29) is 11.8 Å². The first-order chi connectivity index (χ1) is 7.08. The van der Waals surface area contributed by atoms with E-state index in [1.54, 1.807) is 32.3 Å². The smallest absolute Gasteiger partial charge is 0.253 e. The third kappa shape index (κ3) is 1.66. The molecule has 0 bridgehead atoms. The second-order valence-corrected chi connectivity index (χ2v) is 3.66. The molecule has 2 N–H and O–H groups in total. The van der Waals surface area contributed by atoms with Crippen LogP contribution in [-0.4, -0.2) is 35.0 Å². The predicted molar refractivity (Wildman–Crippen MR) is 58.0 cm³/mol. The largest absolute Gasteiger partial charge is 0.495 e. The molecule has 0 aliphatic rings. The summed E-state index contributed by atoms with van der Waals surface area (Å²) in [7, 11) is 3.41. The number of aromatic amines is 1. The maximum Gasteiger partial charge on any atom is 0.253 e. The Morgan fingerprint density at radius 1 is 1.33 bits per heavy atom. The van der Waals surface area contributed by atoms with Crippen LogP contribution in [-0.2, 0) is 0 Å². The summed E-state index contributed by atoms with van der Waals surface area (Å²) < 4.78 is 0. The molecule has 2 rings (SSSR count). The second kappa shape index (κ2) is 3.31. The van der Waals surface area contributed by atoms with Crippen LogP contribution in [0.15, 0.2) is 24.3 Å². The fourth-order valence-corrected chi connectivity index (χ4v) is 1.50. The van der Waals surface area contributed by atoms with Gasteiger partial charge in [0, 0.05) is 36.6 Å². The van der Waals surface area contributed by atoms with Gasteiger partial charge in [0.25, 0.3) is 5.91 Å². The molecule has 0 spiro atoms. The molecule has 0 radical (unpaired) electrons. The van der Waals surface area contributed by atoms with E-state index in [4.69, 9.17) is 0 Å². The van der Waals surface area contributed by atoms with Gasteiger partial charge >= 0.3 is 0 Å². The topological polar surface area (TPSA) is 56.3 Å². The van der Waals surface area contributed by atoms with E-state index in [0.29, 0.717) is 5.56 Å². The van der Waals surface area contributed by atoms with Crippen molar-refractivity contribution < 1.29 is 9.90 Å². The molecule has 0 unspecified atom stereocenters. The monoisotopic (exact) mass is 204 g/mol. The summed E-state index contributed by atoms with van der Waals surface area (Å²) >= 11 is 0. The molecule has 0 saturated carbocycles. The second-order valence-electron chi connectivity index (χ2n) is 3.66. The number of carbonyl (C=O) groups is 1. The van der Waals surface area contributed by atoms with E-state index in [2.05, 4.69) is 4.98 Å². The van der Waals surface area contributed by atoms with Gasteiger partial charge < -0.3 is 15.0 Å². The van der Waals surface area contributed by atoms with Crippen LogP contribution in [0.4, 0.5) is 0 Å². The summed E-state index contributed by atoms with van der Waals surface area (Å²) in [4.78, 5) is 15.9. The third-order valence-corrected chi connectivity index (χ3v) is 2.26. The van der Waals surface area contributed by atoms with Crippen molar-refractivity contribution in [1.82, 2.24) is 9.88 Å². The summed E-state index contributed by atoms with van der Waals surface area (Å²) in [5.74, 6) is 0.0606. The molecule has 1 aromatic carbocycles. The van der Waals surface area contributed by atoms with Gasteiger partial charge in [0.1, 0.15) is 0 Å². The highest BCUT2D eigenvalue weighted by Gasteiger charge is 2.09. The maximum absolute atomic E-state index is 11.6. The lowest BCUT2D eigenvalue weighted by Gasteiger charge is -2.09. The Hall–Kier alpha value is -1.97. The Kier molecular flexibility index (Phi) is 2.11. The zero-order chi connectivity index (χ0) is 11.0. The number of rotatable bonds is 1. The van der Waals surface area contributed by atoms with E-state index in [0.717, 1.165) is 10.9 Å². The average molecular weight is 204 g/mol. The standard InChI is InChI=1S/C11H12N2O2/c1-13(2)11(15)8-4-3-7-6-10(14)12-9(7)5-8/h3-6,12,14H,1-2H3. The highest BCUT2D eigenvalue weighted by molar-refractivity contribution is 5.97.